The molecule has 0 aliphatic heterocycles. The van der Waals surface area contributed by atoms with Crippen molar-refractivity contribution in [2.45, 2.75) is 161 Å². The molecule has 0 aromatic carbocycles. The number of phosphoric ester groups is 1. The van der Waals surface area contributed by atoms with Gasteiger partial charge in [0, 0.05) is 19.4 Å². The molecule has 0 aliphatic carbocycles. The quantitative estimate of drug-likeness (QED) is 0.0180. The summed E-state index contributed by atoms with van der Waals surface area (Å²) >= 11 is 0. The van der Waals surface area contributed by atoms with Crippen LogP contribution in [0.1, 0.15) is 149 Å². The molecule has 10 nitrogen and oxygen atoms in total. The number of hydrogen-bond donors (Lipinski definition) is 3. The molecule has 0 amide bonds. The van der Waals surface area contributed by atoms with Gasteiger partial charge in [-0.2, -0.15) is 0 Å². The van der Waals surface area contributed by atoms with Crippen LogP contribution in [0.3, 0.4) is 0 Å². The van der Waals surface area contributed by atoms with Crippen molar-refractivity contribution in [1.82, 2.24) is 0 Å². The predicted molar refractivity (Wildman–Crippen MR) is 230 cm³/mol. The number of rotatable bonds is 38. The van der Waals surface area contributed by atoms with Gasteiger partial charge >= 0.3 is 19.8 Å². The minimum absolute atomic E-state index is 0.0194. The molecule has 0 saturated heterocycles. The maximum absolute atomic E-state index is 12.6. The van der Waals surface area contributed by atoms with E-state index in [1.807, 2.05) is 12.2 Å². The lowest BCUT2D eigenvalue weighted by Crippen LogP contribution is -2.29. The van der Waals surface area contributed by atoms with Gasteiger partial charge in [-0.05, 0) is 77.0 Å². The summed E-state index contributed by atoms with van der Waals surface area (Å²) in [6, 6.07) is 0. The number of unbranched alkanes of at least 4 members (excludes halogenated alkanes) is 10. The Morgan fingerprint density at radius 2 is 1.20 bits per heavy atom. The van der Waals surface area contributed by atoms with Crippen LogP contribution in [0.4, 0.5) is 0 Å². The molecule has 0 heterocycles. The second-order valence-corrected chi connectivity index (χ2v) is 15.1. The van der Waals surface area contributed by atoms with Crippen molar-refractivity contribution in [2.75, 3.05) is 26.4 Å². The Hall–Kier alpha value is -2.85. The Bertz CT molecular complexity index is 1210. The number of ether oxygens (including phenoxy) is 2. The van der Waals surface area contributed by atoms with Gasteiger partial charge < -0.3 is 25.2 Å². The molecular weight excluding hydrogens is 729 g/mol. The average Bonchev–Trinajstić information content (AvgIpc) is 3.18. The lowest BCUT2D eigenvalue weighted by molar-refractivity contribution is -0.161. The second kappa shape index (κ2) is 40.4. The highest BCUT2D eigenvalue weighted by Crippen LogP contribution is 2.43. The van der Waals surface area contributed by atoms with Crippen LogP contribution in [0.15, 0.2) is 85.1 Å². The van der Waals surface area contributed by atoms with Crippen LogP contribution in [0.25, 0.3) is 0 Å². The number of carbonyl (C=O) groups is 2. The first-order valence-electron chi connectivity index (χ1n) is 21.2. The van der Waals surface area contributed by atoms with E-state index in [9.17, 15) is 24.2 Å². The zero-order valence-corrected chi connectivity index (χ0v) is 35.6. The first kappa shape index (κ1) is 53.1. The molecule has 3 atom stereocenters. The van der Waals surface area contributed by atoms with E-state index in [4.69, 9.17) is 24.3 Å². The van der Waals surface area contributed by atoms with Crippen molar-refractivity contribution in [3.8, 4) is 0 Å². The molecule has 0 radical (unpaired) electrons. The zero-order chi connectivity index (χ0) is 41.2. The molecule has 11 heteroatoms. The van der Waals surface area contributed by atoms with E-state index < -0.39 is 38.6 Å². The molecule has 0 spiro atoms. The third-order valence-corrected chi connectivity index (χ3v) is 9.35. The number of allylic oxidation sites excluding steroid dienone is 13. The minimum Gasteiger partial charge on any atom is -0.462 e. The van der Waals surface area contributed by atoms with Gasteiger partial charge in [0.25, 0.3) is 0 Å². The van der Waals surface area contributed by atoms with Crippen LogP contribution in [-0.2, 0) is 32.7 Å². The lowest BCUT2D eigenvalue weighted by atomic mass is 10.1. The second-order valence-electron chi connectivity index (χ2n) is 13.7. The molecule has 320 valence electrons. The smallest absolute Gasteiger partial charge is 0.462 e. The molecule has 2 unspecified atom stereocenters. The van der Waals surface area contributed by atoms with Crippen LogP contribution < -0.4 is 5.73 Å². The van der Waals surface area contributed by atoms with E-state index in [0.29, 0.717) is 19.3 Å². The van der Waals surface area contributed by atoms with Gasteiger partial charge in [0.05, 0.1) is 19.3 Å². The summed E-state index contributed by atoms with van der Waals surface area (Å²) in [5.74, 6) is -1.06. The molecule has 0 aromatic rings. The van der Waals surface area contributed by atoms with Gasteiger partial charge in [-0.15, -0.1) is 0 Å². The standard InChI is InChI=1S/C45H76NO9P/c1-3-5-7-9-11-13-15-17-18-19-20-22-24-26-28-30-32-36-45(49)55-43(41-54-56(50,51)53-39-38-46)40-52-44(48)37-33-35-42(47)34-31-29-27-25-23-21-16-14-12-10-8-6-4-2/h5,7,11,13,17-18,20-23,27,29,31,34,42-43,47H,3-4,6,8-10,12,14-16,19,24-26,28,30,32-33,35-41,46H2,1-2H3,(H,50,51)/b7-5-,13-11-,18-17-,22-20-,23-21+,29-27+,34-31+/t42?,43-/m1/s1. The molecule has 56 heavy (non-hydrogen) atoms. The van der Waals surface area contributed by atoms with E-state index in [1.54, 1.807) is 12.2 Å². The average molecular weight is 806 g/mol. The molecule has 0 rings (SSSR count). The summed E-state index contributed by atoms with van der Waals surface area (Å²) in [7, 11) is -4.43. The third kappa shape index (κ3) is 39.4. The summed E-state index contributed by atoms with van der Waals surface area (Å²) in [5, 5.41) is 10.2. The first-order valence-corrected chi connectivity index (χ1v) is 22.7. The van der Waals surface area contributed by atoms with Gasteiger partial charge in [-0.3, -0.25) is 18.6 Å². The van der Waals surface area contributed by atoms with Crippen LogP contribution >= 0.6 is 7.82 Å². The van der Waals surface area contributed by atoms with Crippen LogP contribution in [0.5, 0.6) is 0 Å². The number of carbonyl (C=O) groups excluding carboxylic acids is 2. The largest absolute Gasteiger partial charge is 0.472 e. The van der Waals surface area contributed by atoms with Crippen molar-refractivity contribution >= 4 is 19.8 Å². The first-order chi connectivity index (χ1) is 27.2. The maximum Gasteiger partial charge on any atom is 0.472 e. The van der Waals surface area contributed by atoms with Gasteiger partial charge in [-0.1, -0.05) is 144 Å². The van der Waals surface area contributed by atoms with Crippen LogP contribution in [0, 0.1) is 0 Å². The van der Waals surface area contributed by atoms with E-state index >= 15 is 0 Å². The van der Waals surface area contributed by atoms with Crippen LogP contribution in [-0.4, -0.2) is 60.5 Å². The monoisotopic (exact) mass is 806 g/mol. The third-order valence-electron chi connectivity index (χ3n) is 8.37. The number of esters is 2. The fourth-order valence-electron chi connectivity index (χ4n) is 5.22. The van der Waals surface area contributed by atoms with Crippen molar-refractivity contribution in [3.05, 3.63) is 85.1 Å². The number of aliphatic hydroxyl groups is 1. The minimum atomic E-state index is -4.43. The van der Waals surface area contributed by atoms with E-state index in [0.717, 1.165) is 64.2 Å². The lowest BCUT2D eigenvalue weighted by Gasteiger charge is -2.20. The van der Waals surface area contributed by atoms with E-state index in [1.165, 1.54) is 38.5 Å². The van der Waals surface area contributed by atoms with Gasteiger partial charge in [0.2, 0.25) is 0 Å². The Balaban J connectivity index is 4.42. The number of aliphatic hydroxyl groups excluding tert-OH is 1. The molecule has 4 N–H and O–H groups in total. The van der Waals surface area contributed by atoms with E-state index in [2.05, 4.69) is 74.6 Å². The Kier molecular flexibility index (Phi) is 38.3. The van der Waals surface area contributed by atoms with Crippen molar-refractivity contribution < 1.29 is 42.7 Å². The van der Waals surface area contributed by atoms with Crippen molar-refractivity contribution in [2.24, 2.45) is 5.73 Å². The van der Waals surface area contributed by atoms with Crippen molar-refractivity contribution in [3.63, 3.8) is 0 Å². The zero-order valence-electron chi connectivity index (χ0n) is 34.7. The molecule has 0 saturated carbocycles. The van der Waals surface area contributed by atoms with Gasteiger partial charge in [0.15, 0.2) is 6.10 Å². The fourth-order valence-corrected chi connectivity index (χ4v) is 5.99. The highest BCUT2D eigenvalue weighted by Gasteiger charge is 2.26. The van der Waals surface area contributed by atoms with E-state index in [-0.39, 0.29) is 32.6 Å². The normalized spacial score (nSPS) is 14.7. The topological polar surface area (TPSA) is 155 Å². The predicted octanol–water partition coefficient (Wildman–Crippen LogP) is 11.0. The summed E-state index contributed by atoms with van der Waals surface area (Å²) in [4.78, 5) is 34.9. The molecule has 0 bridgehead atoms. The number of nitrogens with two attached hydrogens (primary N) is 1. The number of phosphoric acid groups is 1. The van der Waals surface area contributed by atoms with Crippen LogP contribution in [0.2, 0.25) is 0 Å². The Morgan fingerprint density at radius 3 is 1.82 bits per heavy atom. The SMILES string of the molecule is CC/C=C\C/C=C\C/C=C\C/C=C\CCCCCCC(=O)O[C@H](COC(=O)CCCC(O)/C=C/C=C/C/C=C/CCCCCCCC)COP(=O)(O)OCCN. The van der Waals surface area contributed by atoms with Crippen molar-refractivity contribution in [1.29, 1.82) is 0 Å². The summed E-state index contributed by atoms with van der Waals surface area (Å²) in [5.41, 5.74) is 5.33. The maximum atomic E-state index is 12.6. The van der Waals surface area contributed by atoms with Gasteiger partial charge in [-0.25, -0.2) is 4.57 Å². The Labute approximate surface area is 339 Å². The molecule has 0 fully saturated rings. The molecular formula is C45H76NO9P. The highest BCUT2D eigenvalue weighted by atomic mass is 31.2. The highest BCUT2D eigenvalue weighted by molar-refractivity contribution is 7.47. The summed E-state index contributed by atoms with van der Waals surface area (Å²) in [6.07, 6.45) is 46.5. The number of hydrogen-bond acceptors (Lipinski definition) is 9. The molecule has 0 aliphatic rings. The van der Waals surface area contributed by atoms with Gasteiger partial charge in [0.1, 0.15) is 6.61 Å². The fraction of sp³-hybridized carbons (Fsp3) is 0.644. The molecule has 0 aromatic heterocycles. The Morgan fingerprint density at radius 1 is 0.643 bits per heavy atom. The summed E-state index contributed by atoms with van der Waals surface area (Å²) in [6.45, 7) is 3.34. The summed E-state index contributed by atoms with van der Waals surface area (Å²) < 4.78 is 32.6.